The summed E-state index contributed by atoms with van der Waals surface area (Å²) in [6.07, 6.45) is 0.717. The fourth-order valence-corrected chi connectivity index (χ4v) is 1.76. The summed E-state index contributed by atoms with van der Waals surface area (Å²) in [6.45, 7) is 6.38. The van der Waals surface area contributed by atoms with Crippen LogP contribution < -0.4 is 5.73 Å². The lowest BCUT2D eigenvalue weighted by atomic mass is 9.92. The smallest absolute Gasteiger partial charge is 0.135 e. The van der Waals surface area contributed by atoms with Crippen molar-refractivity contribution in [3.05, 3.63) is 53.5 Å². The van der Waals surface area contributed by atoms with Gasteiger partial charge in [-0.25, -0.2) is 9.97 Å². The maximum absolute atomic E-state index is 5.86. The number of hydrogen-bond acceptors (Lipinski definition) is 3. The van der Waals surface area contributed by atoms with Gasteiger partial charge in [0.05, 0.1) is 5.69 Å². The van der Waals surface area contributed by atoms with Crippen LogP contribution in [0.1, 0.15) is 37.9 Å². The van der Waals surface area contributed by atoms with Crippen LogP contribution in [0.2, 0.25) is 0 Å². The molecule has 1 aromatic heterocycles. The number of hydrogen-bond donors (Lipinski definition) is 1. The van der Waals surface area contributed by atoms with E-state index in [1.54, 1.807) is 0 Å². The van der Waals surface area contributed by atoms with E-state index in [-0.39, 0.29) is 5.41 Å². The Kier molecular flexibility index (Phi) is 3.32. The second-order valence-electron chi connectivity index (χ2n) is 5.51. The predicted octanol–water partition coefficient (Wildman–Crippen LogP) is 2.95. The van der Waals surface area contributed by atoms with Gasteiger partial charge in [0.2, 0.25) is 0 Å². The largest absolute Gasteiger partial charge is 0.384 e. The average molecular weight is 241 g/mol. The summed E-state index contributed by atoms with van der Waals surface area (Å²) in [5.41, 5.74) is 8.03. The van der Waals surface area contributed by atoms with Gasteiger partial charge in [0.15, 0.2) is 0 Å². The molecule has 1 heterocycles. The highest BCUT2D eigenvalue weighted by atomic mass is 14.9. The first-order valence-corrected chi connectivity index (χ1v) is 6.13. The number of aromatic nitrogens is 2. The second-order valence-corrected chi connectivity index (χ2v) is 5.51. The van der Waals surface area contributed by atoms with E-state index in [2.05, 4.69) is 42.9 Å². The molecule has 0 unspecified atom stereocenters. The van der Waals surface area contributed by atoms with Crippen molar-refractivity contribution >= 4 is 5.82 Å². The van der Waals surface area contributed by atoms with Crippen molar-refractivity contribution < 1.29 is 0 Å². The third kappa shape index (κ3) is 3.06. The summed E-state index contributed by atoms with van der Waals surface area (Å²) in [6, 6.07) is 12.0. The molecule has 0 aliphatic heterocycles. The third-order valence-corrected chi connectivity index (χ3v) is 2.77. The van der Waals surface area contributed by atoms with E-state index in [9.17, 15) is 0 Å². The summed E-state index contributed by atoms with van der Waals surface area (Å²) in [7, 11) is 0. The highest BCUT2D eigenvalue weighted by Crippen LogP contribution is 2.21. The van der Waals surface area contributed by atoms with Crippen molar-refractivity contribution in [1.29, 1.82) is 0 Å². The quantitative estimate of drug-likeness (QED) is 0.879. The Hall–Kier alpha value is -1.90. The number of nitrogens with two attached hydrogens (primary N) is 1. The molecule has 0 saturated carbocycles. The van der Waals surface area contributed by atoms with Crippen LogP contribution in [0, 0.1) is 0 Å². The van der Waals surface area contributed by atoms with Crippen molar-refractivity contribution in [2.24, 2.45) is 0 Å². The summed E-state index contributed by atoms with van der Waals surface area (Å²) >= 11 is 0. The van der Waals surface area contributed by atoms with Crippen molar-refractivity contribution in [3.63, 3.8) is 0 Å². The van der Waals surface area contributed by atoms with Gasteiger partial charge in [-0.3, -0.25) is 0 Å². The molecule has 0 radical (unpaired) electrons. The summed E-state index contributed by atoms with van der Waals surface area (Å²) in [4.78, 5) is 8.92. The molecule has 0 aliphatic rings. The minimum absolute atomic E-state index is 0.0114. The van der Waals surface area contributed by atoms with Gasteiger partial charge < -0.3 is 5.73 Å². The van der Waals surface area contributed by atoms with Gasteiger partial charge in [-0.1, -0.05) is 51.1 Å². The lowest BCUT2D eigenvalue weighted by molar-refractivity contribution is 0.563. The molecule has 0 aliphatic carbocycles. The molecule has 0 saturated heterocycles. The summed E-state index contributed by atoms with van der Waals surface area (Å²) in [5, 5.41) is 0. The normalized spacial score (nSPS) is 11.5. The van der Waals surface area contributed by atoms with Gasteiger partial charge in [-0.15, -0.1) is 0 Å². The molecule has 0 amide bonds. The zero-order chi connectivity index (χ0) is 13.2. The van der Waals surface area contributed by atoms with E-state index in [1.807, 2.05) is 24.3 Å². The Morgan fingerprint density at radius 3 is 2.33 bits per heavy atom. The van der Waals surface area contributed by atoms with Gasteiger partial charge >= 0.3 is 0 Å². The molecule has 0 spiro atoms. The molecule has 3 heteroatoms. The Morgan fingerprint density at radius 1 is 1.06 bits per heavy atom. The van der Waals surface area contributed by atoms with E-state index in [1.165, 1.54) is 5.56 Å². The van der Waals surface area contributed by atoms with Crippen LogP contribution in [-0.4, -0.2) is 9.97 Å². The summed E-state index contributed by atoms with van der Waals surface area (Å²) < 4.78 is 0. The molecule has 0 fully saturated rings. The van der Waals surface area contributed by atoms with Gasteiger partial charge in [0, 0.05) is 17.9 Å². The van der Waals surface area contributed by atoms with E-state index in [4.69, 9.17) is 5.73 Å². The van der Waals surface area contributed by atoms with Crippen molar-refractivity contribution in [1.82, 2.24) is 9.97 Å². The van der Waals surface area contributed by atoms with Gasteiger partial charge in [-0.05, 0) is 5.56 Å². The number of nitrogens with zero attached hydrogens (tertiary/aromatic N) is 2. The Balaban J connectivity index is 2.32. The first kappa shape index (κ1) is 12.6. The maximum atomic E-state index is 5.86. The Morgan fingerprint density at radius 2 is 1.72 bits per heavy atom. The van der Waals surface area contributed by atoms with E-state index in [0.29, 0.717) is 5.82 Å². The fraction of sp³-hybridized carbons (Fsp3) is 0.333. The molecule has 2 rings (SSSR count). The molecule has 94 valence electrons. The molecule has 0 bridgehead atoms. The standard InChI is InChI=1S/C15H19N3/c1-15(2,3)12-10-13(16)18-14(17-12)9-11-7-5-4-6-8-11/h4-8,10H,9H2,1-3H3,(H2,16,17,18). The summed E-state index contributed by atoms with van der Waals surface area (Å²) in [5.74, 6) is 1.33. The van der Waals surface area contributed by atoms with Crippen molar-refractivity contribution in [2.45, 2.75) is 32.6 Å². The lowest BCUT2D eigenvalue weighted by Crippen LogP contribution is -2.16. The average Bonchev–Trinajstić information content (AvgIpc) is 2.28. The molecule has 3 nitrogen and oxygen atoms in total. The molecule has 2 N–H and O–H groups in total. The van der Waals surface area contributed by atoms with Gasteiger partial charge in [-0.2, -0.15) is 0 Å². The molecular weight excluding hydrogens is 222 g/mol. The number of rotatable bonds is 2. The van der Waals surface area contributed by atoms with Crippen LogP contribution in [-0.2, 0) is 11.8 Å². The van der Waals surface area contributed by atoms with Crippen molar-refractivity contribution in [3.8, 4) is 0 Å². The SMILES string of the molecule is CC(C)(C)c1cc(N)nc(Cc2ccccc2)n1. The third-order valence-electron chi connectivity index (χ3n) is 2.77. The number of benzene rings is 1. The topological polar surface area (TPSA) is 51.8 Å². The van der Waals surface area contributed by atoms with Gasteiger partial charge in [0.25, 0.3) is 0 Å². The number of nitrogen functional groups attached to an aromatic ring is 1. The Labute approximate surface area is 108 Å². The predicted molar refractivity (Wildman–Crippen MR) is 74.4 cm³/mol. The fourth-order valence-electron chi connectivity index (χ4n) is 1.76. The zero-order valence-electron chi connectivity index (χ0n) is 11.1. The first-order valence-electron chi connectivity index (χ1n) is 6.13. The van der Waals surface area contributed by atoms with Crippen LogP contribution in [0.15, 0.2) is 36.4 Å². The maximum Gasteiger partial charge on any atom is 0.135 e. The van der Waals surface area contributed by atoms with Crippen LogP contribution in [0.4, 0.5) is 5.82 Å². The Bertz CT molecular complexity index is 527. The molecule has 1 aromatic carbocycles. The number of anilines is 1. The molecule has 2 aromatic rings. The highest BCUT2D eigenvalue weighted by molar-refractivity contribution is 5.33. The minimum atomic E-state index is -0.0114. The van der Waals surface area contributed by atoms with Crippen LogP contribution >= 0.6 is 0 Å². The minimum Gasteiger partial charge on any atom is -0.384 e. The van der Waals surface area contributed by atoms with Crippen LogP contribution in [0.3, 0.4) is 0 Å². The van der Waals surface area contributed by atoms with E-state index in [0.717, 1.165) is 17.9 Å². The lowest BCUT2D eigenvalue weighted by Gasteiger charge is -2.18. The first-order chi connectivity index (χ1) is 8.45. The van der Waals surface area contributed by atoms with Crippen LogP contribution in [0.5, 0.6) is 0 Å². The van der Waals surface area contributed by atoms with Gasteiger partial charge in [0.1, 0.15) is 11.6 Å². The molecule has 18 heavy (non-hydrogen) atoms. The van der Waals surface area contributed by atoms with E-state index >= 15 is 0 Å². The van der Waals surface area contributed by atoms with E-state index < -0.39 is 0 Å². The highest BCUT2D eigenvalue weighted by Gasteiger charge is 2.17. The second kappa shape index (κ2) is 4.77. The zero-order valence-corrected chi connectivity index (χ0v) is 11.1. The molecular formula is C15H19N3. The van der Waals surface area contributed by atoms with Crippen LogP contribution in [0.25, 0.3) is 0 Å². The van der Waals surface area contributed by atoms with Crippen molar-refractivity contribution in [2.75, 3.05) is 5.73 Å². The molecule has 0 atom stereocenters. The monoisotopic (exact) mass is 241 g/mol.